The lowest BCUT2D eigenvalue weighted by Gasteiger charge is -2.10. The minimum Gasteiger partial charge on any atom is -0.400 e. The Balaban J connectivity index is 3.21. The van der Waals surface area contributed by atoms with Crippen molar-refractivity contribution in [3.05, 3.63) is 0 Å². The summed E-state index contributed by atoms with van der Waals surface area (Å²) in [5, 5.41) is 0. The number of nitrogens with two attached hydrogens (primary N) is 1. The minimum absolute atomic E-state index is 0.304. The van der Waals surface area contributed by atoms with Crippen molar-refractivity contribution in [2.24, 2.45) is 5.73 Å². The summed E-state index contributed by atoms with van der Waals surface area (Å²) in [5.41, 5.74) is 5.60. The van der Waals surface area contributed by atoms with Gasteiger partial charge in [0.15, 0.2) is 0 Å². The molecule has 1 unspecified atom stereocenters. The predicted octanol–water partition coefficient (Wildman–Crippen LogP) is 0.627. The molecule has 0 aromatic rings. The molecular formula is C7H19NO2Si. The summed E-state index contributed by atoms with van der Waals surface area (Å²) in [6, 6.07) is 1.37. The highest BCUT2D eigenvalue weighted by Gasteiger charge is 2.08. The largest absolute Gasteiger partial charge is 0.400 e. The Morgan fingerprint density at radius 1 is 1.36 bits per heavy atom. The summed E-state index contributed by atoms with van der Waals surface area (Å²) in [7, 11) is 2.12. The maximum atomic E-state index is 5.60. The average molecular weight is 177 g/mol. The molecule has 1 atom stereocenters. The van der Waals surface area contributed by atoms with E-state index in [2.05, 4.69) is 0 Å². The highest BCUT2D eigenvalue weighted by molar-refractivity contribution is 6.44. The maximum absolute atomic E-state index is 5.60. The Labute approximate surface area is 70.7 Å². The van der Waals surface area contributed by atoms with Crippen LogP contribution >= 0.6 is 0 Å². The van der Waals surface area contributed by atoms with Crippen LogP contribution in [0.15, 0.2) is 0 Å². The molecule has 0 heterocycles. The Kier molecular flexibility index (Phi) is 6.85. The van der Waals surface area contributed by atoms with E-state index in [1.54, 1.807) is 14.2 Å². The molecule has 0 saturated heterocycles. The molecule has 0 radical (unpaired) electrons. The molecule has 0 fully saturated rings. The topological polar surface area (TPSA) is 44.5 Å². The molecule has 0 amide bonds. The van der Waals surface area contributed by atoms with Gasteiger partial charge >= 0.3 is 9.28 Å². The van der Waals surface area contributed by atoms with Crippen LogP contribution in [0.1, 0.15) is 19.8 Å². The standard InChI is InChI=1S/C7H19NO2Si/c1-7(8)5-4-6-11(9-2)10-3/h7,11H,4-6,8H2,1-3H3. The molecule has 3 nitrogen and oxygen atoms in total. The predicted molar refractivity (Wildman–Crippen MR) is 48.9 cm³/mol. The minimum atomic E-state index is -1.31. The van der Waals surface area contributed by atoms with Crippen LogP contribution in [-0.2, 0) is 8.85 Å². The molecule has 0 aliphatic heterocycles. The maximum Gasteiger partial charge on any atom is 0.320 e. The van der Waals surface area contributed by atoms with Gasteiger partial charge in [0.25, 0.3) is 0 Å². The van der Waals surface area contributed by atoms with E-state index in [1.165, 1.54) is 0 Å². The van der Waals surface area contributed by atoms with Crippen LogP contribution in [0.25, 0.3) is 0 Å². The van der Waals surface area contributed by atoms with Gasteiger partial charge in [-0.25, -0.2) is 0 Å². The molecule has 0 rings (SSSR count). The fourth-order valence-corrected chi connectivity index (χ4v) is 2.17. The highest BCUT2D eigenvalue weighted by atomic mass is 28.3. The second-order valence-corrected chi connectivity index (χ2v) is 5.19. The van der Waals surface area contributed by atoms with E-state index in [4.69, 9.17) is 14.6 Å². The first-order valence-electron chi connectivity index (χ1n) is 4.02. The van der Waals surface area contributed by atoms with Crippen LogP contribution in [0.2, 0.25) is 6.04 Å². The zero-order valence-electron chi connectivity index (χ0n) is 7.67. The first kappa shape index (κ1) is 11.1. The van der Waals surface area contributed by atoms with E-state index >= 15 is 0 Å². The first-order chi connectivity index (χ1) is 5.20. The summed E-state index contributed by atoms with van der Waals surface area (Å²) in [5.74, 6) is 0. The fourth-order valence-electron chi connectivity index (χ4n) is 0.938. The van der Waals surface area contributed by atoms with Crippen LogP contribution in [0.3, 0.4) is 0 Å². The van der Waals surface area contributed by atoms with Gasteiger partial charge in [0.05, 0.1) is 0 Å². The van der Waals surface area contributed by atoms with Crippen molar-refractivity contribution in [1.29, 1.82) is 0 Å². The van der Waals surface area contributed by atoms with Crippen molar-refractivity contribution in [3.63, 3.8) is 0 Å². The molecule has 0 saturated carbocycles. The van der Waals surface area contributed by atoms with Crippen LogP contribution in [0, 0.1) is 0 Å². The third-order valence-corrected chi connectivity index (χ3v) is 3.56. The lowest BCUT2D eigenvalue weighted by atomic mass is 10.2. The Morgan fingerprint density at radius 3 is 2.27 bits per heavy atom. The monoisotopic (exact) mass is 177 g/mol. The Hall–Kier alpha value is 0.0969. The summed E-state index contributed by atoms with van der Waals surface area (Å²) in [4.78, 5) is 0. The van der Waals surface area contributed by atoms with Crippen molar-refractivity contribution in [2.75, 3.05) is 14.2 Å². The lowest BCUT2D eigenvalue weighted by molar-refractivity contribution is 0.276. The van der Waals surface area contributed by atoms with Crippen LogP contribution in [0.4, 0.5) is 0 Å². The summed E-state index contributed by atoms with van der Waals surface area (Å²) < 4.78 is 10.3. The highest BCUT2D eigenvalue weighted by Crippen LogP contribution is 2.03. The second kappa shape index (κ2) is 6.79. The SMILES string of the molecule is CO[SiH](CCCC(C)N)OC. The summed E-state index contributed by atoms with van der Waals surface area (Å²) in [6.07, 6.45) is 2.19. The second-order valence-electron chi connectivity index (χ2n) is 2.81. The molecule has 0 aromatic carbocycles. The van der Waals surface area contributed by atoms with Crippen LogP contribution < -0.4 is 5.73 Å². The van der Waals surface area contributed by atoms with Gasteiger partial charge in [-0.1, -0.05) is 6.42 Å². The third kappa shape index (κ3) is 6.49. The molecular weight excluding hydrogens is 158 g/mol. The van der Waals surface area contributed by atoms with Gasteiger partial charge in [-0.3, -0.25) is 0 Å². The van der Waals surface area contributed by atoms with E-state index in [0.717, 1.165) is 18.9 Å². The van der Waals surface area contributed by atoms with Gasteiger partial charge in [0, 0.05) is 20.3 Å². The molecule has 2 N–H and O–H groups in total. The van der Waals surface area contributed by atoms with Crippen LogP contribution in [0.5, 0.6) is 0 Å². The van der Waals surface area contributed by atoms with Gasteiger partial charge < -0.3 is 14.6 Å². The average Bonchev–Trinajstić information content (AvgIpc) is 1.98. The van der Waals surface area contributed by atoms with E-state index in [-0.39, 0.29) is 0 Å². The number of hydrogen-bond donors (Lipinski definition) is 1. The van der Waals surface area contributed by atoms with Crippen molar-refractivity contribution in [2.45, 2.75) is 31.9 Å². The molecule has 0 bridgehead atoms. The Bertz CT molecular complexity index is 86.5. The fraction of sp³-hybridized carbons (Fsp3) is 1.00. The molecule has 0 aromatic heterocycles. The van der Waals surface area contributed by atoms with Gasteiger partial charge in [0.1, 0.15) is 0 Å². The quantitative estimate of drug-likeness (QED) is 0.605. The van der Waals surface area contributed by atoms with Crippen molar-refractivity contribution in [1.82, 2.24) is 0 Å². The summed E-state index contributed by atoms with van der Waals surface area (Å²) in [6.45, 7) is 2.02. The smallest absolute Gasteiger partial charge is 0.320 e. The van der Waals surface area contributed by atoms with Gasteiger partial charge in [0.2, 0.25) is 0 Å². The zero-order valence-corrected chi connectivity index (χ0v) is 8.82. The first-order valence-corrected chi connectivity index (χ1v) is 5.77. The van der Waals surface area contributed by atoms with E-state index in [9.17, 15) is 0 Å². The van der Waals surface area contributed by atoms with Gasteiger partial charge in [-0.15, -0.1) is 0 Å². The number of hydrogen-bond acceptors (Lipinski definition) is 3. The molecule has 0 spiro atoms. The van der Waals surface area contributed by atoms with E-state index in [0.29, 0.717) is 6.04 Å². The Morgan fingerprint density at radius 2 is 1.91 bits per heavy atom. The number of rotatable bonds is 6. The van der Waals surface area contributed by atoms with E-state index < -0.39 is 9.28 Å². The molecule has 0 aliphatic rings. The lowest BCUT2D eigenvalue weighted by Crippen LogP contribution is -2.20. The summed E-state index contributed by atoms with van der Waals surface area (Å²) >= 11 is 0. The van der Waals surface area contributed by atoms with Crippen molar-refractivity contribution in [3.8, 4) is 0 Å². The van der Waals surface area contributed by atoms with E-state index in [1.807, 2.05) is 6.92 Å². The van der Waals surface area contributed by atoms with Gasteiger partial charge in [-0.05, 0) is 19.4 Å². The molecule has 68 valence electrons. The van der Waals surface area contributed by atoms with Crippen LogP contribution in [-0.4, -0.2) is 29.5 Å². The van der Waals surface area contributed by atoms with Crippen molar-refractivity contribution >= 4 is 9.28 Å². The molecule has 4 heteroatoms. The normalized spacial score (nSPS) is 13.9. The third-order valence-electron chi connectivity index (χ3n) is 1.63. The molecule has 11 heavy (non-hydrogen) atoms. The van der Waals surface area contributed by atoms with Gasteiger partial charge in [-0.2, -0.15) is 0 Å². The molecule has 0 aliphatic carbocycles. The zero-order chi connectivity index (χ0) is 8.69. The van der Waals surface area contributed by atoms with Crippen molar-refractivity contribution < 1.29 is 8.85 Å².